The molecule has 0 saturated heterocycles. The van der Waals surface area contributed by atoms with Crippen LogP contribution in [0.25, 0.3) is 0 Å². The Hall–Kier alpha value is -1.12. The fourth-order valence-corrected chi connectivity index (χ4v) is 3.07. The number of hydrogen-bond acceptors (Lipinski definition) is 1. The van der Waals surface area contributed by atoms with E-state index in [0.717, 1.165) is 21.5 Å². The van der Waals surface area contributed by atoms with Crippen LogP contribution in [0.3, 0.4) is 0 Å². The second-order valence-electron chi connectivity index (χ2n) is 5.22. The van der Waals surface area contributed by atoms with Gasteiger partial charge in [-0.1, -0.05) is 64.8 Å². The molecular weight excluding hydrogens is 300 g/mol. The molecule has 0 amide bonds. The Bertz CT molecular complexity index is 558. The molecule has 19 heavy (non-hydrogen) atoms. The van der Waals surface area contributed by atoms with Crippen molar-refractivity contribution in [3.05, 3.63) is 69.7 Å². The Morgan fingerprint density at radius 3 is 2.26 bits per heavy atom. The summed E-state index contributed by atoms with van der Waals surface area (Å²) in [5.74, 6) is 0.745. The number of halogens is 1. The minimum absolute atomic E-state index is 0.564. The molecule has 0 heterocycles. The summed E-state index contributed by atoms with van der Waals surface area (Å²) in [6.07, 6.45) is 3.41. The molecule has 98 valence electrons. The zero-order valence-electron chi connectivity index (χ0n) is 10.7. The van der Waals surface area contributed by atoms with Crippen LogP contribution in [-0.2, 0) is 0 Å². The lowest BCUT2D eigenvalue weighted by atomic mass is 9.80. The molecule has 1 N–H and O–H groups in total. The first-order valence-corrected chi connectivity index (χ1v) is 7.57. The van der Waals surface area contributed by atoms with E-state index in [0.29, 0.717) is 0 Å². The van der Waals surface area contributed by atoms with Gasteiger partial charge in [-0.05, 0) is 41.5 Å². The summed E-state index contributed by atoms with van der Waals surface area (Å²) in [6.45, 7) is 0. The van der Waals surface area contributed by atoms with Crippen LogP contribution in [-0.4, -0.2) is 5.11 Å². The predicted molar refractivity (Wildman–Crippen MR) is 81.2 cm³/mol. The topological polar surface area (TPSA) is 20.2 Å². The fourth-order valence-electron chi connectivity index (χ4n) is 2.57. The van der Waals surface area contributed by atoms with Crippen LogP contribution in [0.1, 0.15) is 48.0 Å². The van der Waals surface area contributed by atoms with Crippen LogP contribution in [0.15, 0.2) is 53.0 Å². The quantitative estimate of drug-likeness (QED) is 0.862. The van der Waals surface area contributed by atoms with Gasteiger partial charge in [0.25, 0.3) is 0 Å². The average Bonchev–Trinajstić information content (AvgIpc) is 2.37. The summed E-state index contributed by atoms with van der Waals surface area (Å²) in [5, 5.41) is 10.4. The smallest absolute Gasteiger partial charge is 0.105 e. The third kappa shape index (κ3) is 2.60. The van der Waals surface area contributed by atoms with E-state index >= 15 is 0 Å². The van der Waals surface area contributed by atoms with E-state index in [2.05, 4.69) is 40.2 Å². The van der Waals surface area contributed by atoms with E-state index in [4.69, 9.17) is 0 Å². The third-order valence-corrected chi connectivity index (χ3v) is 4.75. The van der Waals surface area contributed by atoms with Crippen molar-refractivity contribution in [3.8, 4) is 0 Å². The lowest BCUT2D eigenvalue weighted by molar-refractivity contribution is 0.219. The van der Waals surface area contributed by atoms with Crippen LogP contribution >= 0.6 is 15.9 Å². The maximum atomic E-state index is 10.4. The van der Waals surface area contributed by atoms with Crippen molar-refractivity contribution >= 4 is 15.9 Å². The largest absolute Gasteiger partial charge is 0.384 e. The normalized spacial score (nSPS) is 16.9. The molecule has 1 atom stereocenters. The predicted octanol–water partition coefficient (Wildman–Crippen LogP) is 4.80. The van der Waals surface area contributed by atoms with Crippen molar-refractivity contribution in [2.24, 2.45) is 0 Å². The van der Waals surface area contributed by atoms with Crippen molar-refractivity contribution in [1.82, 2.24) is 0 Å². The third-order valence-electron chi connectivity index (χ3n) is 4.03. The molecule has 2 aromatic carbocycles. The summed E-state index contributed by atoms with van der Waals surface area (Å²) >= 11 is 3.49. The number of benzene rings is 2. The van der Waals surface area contributed by atoms with Crippen LogP contribution in [0.4, 0.5) is 0 Å². The van der Waals surface area contributed by atoms with Crippen LogP contribution in [0.5, 0.6) is 0 Å². The Morgan fingerprint density at radius 1 is 1.00 bits per heavy atom. The van der Waals surface area contributed by atoms with Gasteiger partial charge in [-0.3, -0.25) is 0 Å². The Morgan fingerprint density at radius 2 is 1.68 bits per heavy atom. The summed E-state index contributed by atoms with van der Waals surface area (Å²) < 4.78 is 0.950. The maximum Gasteiger partial charge on any atom is 0.105 e. The van der Waals surface area contributed by atoms with Gasteiger partial charge in [0.05, 0.1) is 0 Å². The zero-order chi connectivity index (χ0) is 13.2. The summed E-state index contributed by atoms with van der Waals surface area (Å²) in [4.78, 5) is 0. The minimum atomic E-state index is -0.564. The standard InChI is InChI=1S/C17H17BrO/c18-16-7-2-1-6-15(16)17(19)14-10-8-13(9-11-14)12-4-3-5-12/h1-2,6-12,17,19H,3-5H2. The lowest BCUT2D eigenvalue weighted by Crippen LogP contribution is -2.09. The maximum absolute atomic E-state index is 10.4. The number of rotatable bonds is 3. The molecular formula is C17H17BrO. The first kappa shape index (κ1) is 12.9. The van der Waals surface area contributed by atoms with Gasteiger partial charge in [0, 0.05) is 4.47 Å². The highest BCUT2D eigenvalue weighted by molar-refractivity contribution is 9.10. The van der Waals surface area contributed by atoms with Crippen LogP contribution in [0.2, 0.25) is 0 Å². The van der Waals surface area contributed by atoms with Gasteiger partial charge in [0.15, 0.2) is 0 Å². The van der Waals surface area contributed by atoms with Gasteiger partial charge in [-0.25, -0.2) is 0 Å². The SMILES string of the molecule is OC(c1ccc(C2CCC2)cc1)c1ccccc1Br. The van der Waals surface area contributed by atoms with Crippen molar-refractivity contribution in [3.63, 3.8) is 0 Å². The molecule has 1 aliphatic carbocycles. The molecule has 1 saturated carbocycles. The molecule has 1 fully saturated rings. The molecule has 0 bridgehead atoms. The van der Waals surface area contributed by atoms with Crippen molar-refractivity contribution in [2.45, 2.75) is 31.3 Å². The van der Waals surface area contributed by atoms with Gasteiger partial charge in [-0.2, -0.15) is 0 Å². The van der Waals surface area contributed by atoms with Gasteiger partial charge in [0.1, 0.15) is 6.10 Å². The van der Waals surface area contributed by atoms with Gasteiger partial charge in [0.2, 0.25) is 0 Å². The molecule has 1 aliphatic rings. The monoisotopic (exact) mass is 316 g/mol. The van der Waals surface area contributed by atoms with Crippen molar-refractivity contribution < 1.29 is 5.11 Å². The second-order valence-corrected chi connectivity index (χ2v) is 6.07. The molecule has 0 aliphatic heterocycles. The Balaban J connectivity index is 1.83. The van der Waals surface area contributed by atoms with E-state index in [1.807, 2.05) is 24.3 Å². The minimum Gasteiger partial charge on any atom is -0.384 e. The van der Waals surface area contributed by atoms with E-state index in [1.54, 1.807) is 0 Å². The molecule has 1 unspecified atom stereocenters. The van der Waals surface area contributed by atoms with Gasteiger partial charge < -0.3 is 5.11 Å². The van der Waals surface area contributed by atoms with E-state index in [1.165, 1.54) is 24.8 Å². The lowest BCUT2D eigenvalue weighted by Gasteiger charge is -2.26. The van der Waals surface area contributed by atoms with Gasteiger partial charge in [-0.15, -0.1) is 0 Å². The first-order valence-electron chi connectivity index (χ1n) is 6.78. The average molecular weight is 317 g/mol. The molecule has 2 heteroatoms. The highest BCUT2D eigenvalue weighted by Gasteiger charge is 2.20. The highest BCUT2D eigenvalue weighted by Crippen LogP contribution is 2.37. The van der Waals surface area contributed by atoms with E-state index in [-0.39, 0.29) is 0 Å². The number of hydrogen-bond donors (Lipinski definition) is 1. The zero-order valence-corrected chi connectivity index (χ0v) is 12.3. The summed E-state index contributed by atoms with van der Waals surface area (Å²) in [7, 11) is 0. The van der Waals surface area contributed by atoms with Crippen LogP contribution in [0, 0.1) is 0 Å². The van der Waals surface area contributed by atoms with Crippen molar-refractivity contribution in [1.29, 1.82) is 0 Å². The number of aliphatic hydroxyl groups excluding tert-OH is 1. The van der Waals surface area contributed by atoms with Crippen molar-refractivity contribution in [2.75, 3.05) is 0 Å². The first-order chi connectivity index (χ1) is 9.25. The summed E-state index contributed by atoms with van der Waals surface area (Å²) in [5.41, 5.74) is 3.28. The molecule has 3 rings (SSSR count). The Labute approximate surface area is 122 Å². The van der Waals surface area contributed by atoms with Gasteiger partial charge >= 0.3 is 0 Å². The number of aliphatic hydroxyl groups is 1. The van der Waals surface area contributed by atoms with E-state index < -0.39 is 6.10 Å². The Kier molecular flexibility index (Phi) is 3.72. The van der Waals surface area contributed by atoms with E-state index in [9.17, 15) is 5.11 Å². The van der Waals surface area contributed by atoms with Crippen LogP contribution < -0.4 is 0 Å². The summed E-state index contributed by atoms with van der Waals surface area (Å²) in [6, 6.07) is 16.3. The molecule has 0 spiro atoms. The highest BCUT2D eigenvalue weighted by atomic mass is 79.9. The molecule has 2 aromatic rings. The fraction of sp³-hybridized carbons (Fsp3) is 0.294. The molecule has 1 nitrogen and oxygen atoms in total. The molecule has 0 radical (unpaired) electrons. The second kappa shape index (κ2) is 5.48. The molecule has 0 aromatic heterocycles.